The maximum atomic E-state index is 12.3. The summed E-state index contributed by atoms with van der Waals surface area (Å²) in [6.07, 6.45) is 2.80. The molecule has 1 aromatic carbocycles. The molecule has 0 unspecified atom stereocenters. The average Bonchev–Trinajstić information content (AvgIpc) is 2.94. The lowest BCUT2D eigenvalue weighted by atomic mass is 9.87. The van der Waals surface area contributed by atoms with Crippen molar-refractivity contribution >= 4 is 16.7 Å². The van der Waals surface area contributed by atoms with Gasteiger partial charge in [0.15, 0.2) is 5.82 Å². The van der Waals surface area contributed by atoms with Crippen LogP contribution in [0.15, 0.2) is 18.2 Å². The van der Waals surface area contributed by atoms with Crippen molar-refractivity contribution in [1.29, 1.82) is 0 Å². The zero-order valence-electron chi connectivity index (χ0n) is 12.6. The molecule has 124 valence electrons. The van der Waals surface area contributed by atoms with Gasteiger partial charge in [0, 0.05) is 18.6 Å². The molecule has 8 heteroatoms. The molecule has 0 saturated carbocycles. The van der Waals surface area contributed by atoms with Gasteiger partial charge in [0.25, 0.3) is 0 Å². The highest BCUT2D eigenvalue weighted by Crippen LogP contribution is 2.35. The molecule has 0 saturated heterocycles. The van der Waals surface area contributed by atoms with Gasteiger partial charge in [0.1, 0.15) is 12.4 Å². The molecule has 1 aliphatic carbocycles. The molecule has 3 rings (SSSR count). The van der Waals surface area contributed by atoms with E-state index in [-0.39, 0.29) is 11.8 Å². The second kappa shape index (κ2) is 7.18. The second-order valence-corrected chi connectivity index (χ2v) is 6.03. The molecule has 0 aliphatic heterocycles. The van der Waals surface area contributed by atoms with Crippen molar-refractivity contribution in [2.75, 3.05) is 12.4 Å². The first-order valence-electron chi connectivity index (χ1n) is 7.31. The van der Waals surface area contributed by atoms with E-state index in [4.69, 9.17) is 4.74 Å². The van der Waals surface area contributed by atoms with Gasteiger partial charge in [0.2, 0.25) is 5.13 Å². The topological polar surface area (TPSA) is 56.3 Å². The molecule has 0 bridgehead atoms. The number of fused-ring (bicyclic) bond motifs is 1. The third kappa shape index (κ3) is 3.94. The van der Waals surface area contributed by atoms with Crippen LogP contribution in [0, 0.1) is 0 Å². The standard InChI is InChI=1S/C15H17F2N3O2S/c1-21-8-13-19-15(23-20-13)18-12-4-2-3-9-7-10(22-14(16)17)5-6-11(9)12/h5-7,12,14H,2-4,8H2,1H3,(H,18,19,20)/t12-/m0/s1. The summed E-state index contributed by atoms with van der Waals surface area (Å²) in [4.78, 5) is 4.37. The molecular weight excluding hydrogens is 324 g/mol. The van der Waals surface area contributed by atoms with Crippen LogP contribution in [-0.4, -0.2) is 23.1 Å². The van der Waals surface area contributed by atoms with E-state index in [0.29, 0.717) is 12.4 Å². The van der Waals surface area contributed by atoms with Crippen molar-refractivity contribution in [1.82, 2.24) is 9.36 Å². The fourth-order valence-electron chi connectivity index (χ4n) is 2.77. The summed E-state index contributed by atoms with van der Waals surface area (Å²) in [6.45, 7) is -2.42. The van der Waals surface area contributed by atoms with Crippen LogP contribution < -0.4 is 10.1 Å². The number of nitrogens with one attached hydrogen (secondary N) is 1. The number of anilines is 1. The van der Waals surface area contributed by atoms with Gasteiger partial charge in [-0.25, -0.2) is 4.98 Å². The number of alkyl halides is 2. The van der Waals surface area contributed by atoms with Crippen molar-refractivity contribution in [2.45, 2.75) is 38.5 Å². The minimum absolute atomic E-state index is 0.0997. The number of aryl methyl sites for hydroxylation is 1. The van der Waals surface area contributed by atoms with Crippen molar-refractivity contribution in [3.63, 3.8) is 0 Å². The first-order chi connectivity index (χ1) is 11.2. The smallest absolute Gasteiger partial charge is 0.387 e. The van der Waals surface area contributed by atoms with E-state index in [1.165, 1.54) is 11.5 Å². The zero-order chi connectivity index (χ0) is 16.2. The highest BCUT2D eigenvalue weighted by atomic mass is 32.1. The molecule has 1 aliphatic rings. The quantitative estimate of drug-likeness (QED) is 0.867. The van der Waals surface area contributed by atoms with E-state index < -0.39 is 6.61 Å². The van der Waals surface area contributed by atoms with Gasteiger partial charge in [-0.15, -0.1) is 0 Å². The normalized spacial score (nSPS) is 17.1. The molecule has 1 atom stereocenters. The Morgan fingerprint density at radius 2 is 2.30 bits per heavy atom. The fraction of sp³-hybridized carbons (Fsp3) is 0.467. The number of hydrogen-bond acceptors (Lipinski definition) is 6. The minimum Gasteiger partial charge on any atom is -0.435 e. The summed E-state index contributed by atoms with van der Waals surface area (Å²) in [7, 11) is 1.60. The van der Waals surface area contributed by atoms with Crippen LogP contribution in [0.3, 0.4) is 0 Å². The Morgan fingerprint density at radius 3 is 3.09 bits per heavy atom. The van der Waals surface area contributed by atoms with Crippen molar-refractivity contribution < 1.29 is 18.3 Å². The Kier molecular flexibility index (Phi) is 5.02. The Hall–Kier alpha value is -1.80. The number of halogens is 2. The van der Waals surface area contributed by atoms with E-state index in [0.717, 1.165) is 35.5 Å². The number of benzene rings is 1. The van der Waals surface area contributed by atoms with Gasteiger partial charge >= 0.3 is 6.61 Å². The van der Waals surface area contributed by atoms with Gasteiger partial charge in [-0.2, -0.15) is 13.2 Å². The summed E-state index contributed by atoms with van der Waals surface area (Å²) in [6, 6.07) is 5.23. The molecule has 5 nitrogen and oxygen atoms in total. The van der Waals surface area contributed by atoms with E-state index >= 15 is 0 Å². The lowest BCUT2D eigenvalue weighted by molar-refractivity contribution is -0.0499. The average molecular weight is 341 g/mol. The van der Waals surface area contributed by atoms with E-state index in [1.807, 2.05) is 6.07 Å². The fourth-order valence-corrected chi connectivity index (χ4v) is 3.39. The predicted molar refractivity (Wildman–Crippen MR) is 83.0 cm³/mol. The van der Waals surface area contributed by atoms with Crippen molar-refractivity contribution in [3.8, 4) is 5.75 Å². The lowest BCUT2D eigenvalue weighted by Gasteiger charge is -2.26. The first-order valence-corrected chi connectivity index (χ1v) is 8.08. The maximum absolute atomic E-state index is 12.3. The summed E-state index contributed by atoms with van der Waals surface area (Å²) in [5, 5.41) is 4.12. The monoisotopic (exact) mass is 341 g/mol. The molecule has 1 heterocycles. The zero-order valence-corrected chi connectivity index (χ0v) is 13.4. The van der Waals surface area contributed by atoms with Crippen LogP contribution in [0.25, 0.3) is 0 Å². The molecular formula is C15H17F2N3O2S. The highest BCUT2D eigenvalue weighted by Gasteiger charge is 2.22. The van der Waals surface area contributed by atoms with Crippen molar-refractivity contribution in [3.05, 3.63) is 35.2 Å². The number of nitrogens with zero attached hydrogens (tertiary/aromatic N) is 2. The number of rotatable bonds is 6. The van der Waals surface area contributed by atoms with Gasteiger partial charge in [-0.05, 0) is 42.5 Å². The van der Waals surface area contributed by atoms with Gasteiger partial charge in [-0.3, -0.25) is 0 Å². The number of ether oxygens (including phenoxy) is 2. The summed E-state index contributed by atoms with van der Waals surface area (Å²) < 4.78 is 38.3. The molecule has 0 radical (unpaired) electrons. The molecule has 23 heavy (non-hydrogen) atoms. The Labute approximate surface area is 136 Å². The number of methoxy groups -OCH3 is 1. The predicted octanol–water partition coefficient (Wildman–Crippen LogP) is 3.78. The summed E-state index contributed by atoms with van der Waals surface area (Å²) in [5.74, 6) is 0.856. The molecule has 2 aromatic rings. The summed E-state index contributed by atoms with van der Waals surface area (Å²) >= 11 is 1.29. The van der Waals surface area contributed by atoms with Crippen LogP contribution in [-0.2, 0) is 17.8 Å². The largest absolute Gasteiger partial charge is 0.435 e. The van der Waals surface area contributed by atoms with Crippen molar-refractivity contribution in [2.24, 2.45) is 0 Å². The van der Waals surface area contributed by atoms with Crippen LogP contribution >= 0.6 is 11.5 Å². The first kappa shape index (κ1) is 16.1. The Bertz CT molecular complexity index is 666. The SMILES string of the molecule is COCc1nsc(N[C@H]2CCCc3cc(OC(F)F)ccc32)n1. The van der Waals surface area contributed by atoms with Crippen LogP contribution in [0.5, 0.6) is 5.75 Å². The van der Waals surface area contributed by atoms with Crippen LogP contribution in [0.1, 0.15) is 35.8 Å². The van der Waals surface area contributed by atoms with E-state index in [1.54, 1.807) is 19.2 Å². The van der Waals surface area contributed by atoms with Gasteiger partial charge < -0.3 is 14.8 Å². The van der Waals surface area contributed by atoms with Crippen LogP contribution in [0.2, 0.25) is 0 Å². The van der Waals surface area contributed by atoms with Crippen LogP contribution in [0.4, 0.5) is 13.9 Å². The highest BCUT2D eigenvalue weighted by molar-refractivity contribution is 7.09. The molecule has 0 spiro atoms. The Balaban J connectivity index is 1.75. The number of aromatic nitrogens is 2. The van der Waals surface area contributed by atoms with E-state index in [9.17, 15) is 8.78 Å². The Morgan fingerprint density at radius 1 is 1.43 bits per heavy atom. The van der Waals surface area contributed by atoms with E-state index in [2.05, 4.69) is 19.4 Å². The molecule has 1 N–H and O–H groups in total. The van der Waals surface area contributed by atoms with Gasteiger partial charge in [-0.1, -0.05) is 6.07 Å². The molecule has 0 fully saturated rings. The molecule has 0 amide bonds. The third-order valence-corrected chi connectivity index (χ3v) is 4.38. The maximum Gasteiger partial charge on any atom is 0.387 e. The molecule has 1 aromatic heterocycles. The lowest BCUT2D eigenvalue weighted by Crippen LogP contribution is -2.17. The second-order valence-electron chi connectivity index (χ2n) is 5.28. The number of hydrogen-bond donors (Lipinski definition) is 1. The summed E-state index contributed by atoms with van der Waals surface area (Å²) in [5.41, 5.74) is 2.13. The van der Waals surface area contributed by atoms with Gasteiger partial charge in [0.05, 0.1) is 6.04 Å². The minimum atomic E-state index is -2.80. The third-order valence-electron chi connectivity index (χ3n) is 3.69.